The molecule has 0 unspecified atom stereocenters. The first-order valence-electron chi connectivity index (χ1n) is 11.9. The molecule has 1 aliphatic rings. The van der Waals surface area contributed by atoms with Crippen LogP contribution in [0, 0.1) is 12.8 Å². The van der Waals surface area contributed by atoms with Crippen molar-refractivity contribution >= 4 is 0 Å². The fourth-order valence-corrected chi connectivity index (χ4v) is 4.01. The third-order valence-corrected chi connectivity index (χ3v) is 6.13. The Hall–Kier alpha value is -2.63. The second-order valence-electron chi connectivity index (χ2n) is 8.95. The van der Waals surface area contributed by atoms with Crippen LogP contribution in [0.1, 0.15) is 49.9 Å². The van der Waals surface area contributed by atoms with Crippen LogP contribution in [0.4, 0.5) is 0 Å². The van der Waals surface area contributed by atoms with E-state index in [1.807, 2.05) is 41.9 Å². The summed E-state index contributed by atoms with van der Waals surface area (Å²) >= 11 is 0. The zero-order valence-electron chi connectivity index (χ0n) is 19.5. The number of aromatic nitrogens is 2. The van der Waals surface area contributed by atoms with Crippen LogP contribution in [-0.2, 0) is 13.0 Å². The summed E-state index contributed by atoms with van der Waals surface area (Å²) in [5.74, 6) is 2.32. The van der Waals surface area contributed by atoms with Crippen LogP contribution in [0.25, 0.3) is 5.69 Å². The summed E-state index contributed by atoms with van der Waals surface area (Å²) in [4.78, 5) is 2.39. The number of aliphatic hydroxyl groups is 1. The van der Waals surface area contributed by atoms with Gasteiger partial charge in [0, 0.05) is 19.6 Å². The molecule has 0 saturated heterocycles. The Morgan fingerprint density at radius 1 is 1.09 bits per heavy atom. The number of aliphatic hydroxyl groups excluding tert-OH is 1. The van der Waals surface area contributed by atoms with Gasteiger partial charge in [-0.05, 0) is 62.8 Å². The molecule has 170 valence electrons. The molecule has 0 bridgehead atoms. The van der Waals surface area contributed by atoms with E-state index in [4.69, 9.17) is 9.84 Å². The number of nitrogens with zero attached hydrogens (tertiary/aromatic N) is 3. The monoisotopic (exact) mass is 433 g/mol. The highest BCUT2D eigenvalue weighted by Crippen LogP contribution is 2.34. The summed E-state index contributed by atoms with van der Waals surface area (Å²) in [6.45, 7) is 8.68. The topological polar surface area (TPSA) is 50.5 Å². The molecule has 3 aromatic rings. The second-order valence-corrected chi connectivity index (χ2v) is 8.95. The predicted octanol–water partition coefficient (Wildman–Crippen LogP) is 5.52. The van der Waals surface area contributed by atoms with Crippen molar-refractivity contribution in [3.63, 3.8) is 0 Å². The van der Waals surface area contributed by atoms with Crippen LogP contribution < -0.4 is 4.74 Å². The number of hydrogen-bond donors (Lipinski definition) is 1. The number of benzene rings is 2. The van der Waals surface area contributed by atoms with E-state index in [2.05, 4.69) is 43.0 Å². The highest BCUT2D eigenvalue weighted by Gasteiger charge is 2.28. The molecule has 32 heavy (non-hydrogen) atoms. The fourth-order valence-electron chi connectivity index (χ4n) is 4.01. The number of aryl methyl sites for hydroxylation is 2. The van der Waals surface area contributed by atoms with Gasteiger partial charge in [0.25, 0.3) is 0 Å². The van der Waals surface area contributed by atoms with Gasteiger partial charge in [0.1, 0.15) is 5.75 Å². The first-order valence-corrected chi connectivity index (χ1v) is 11.9. The summed E-state index contributed by atoms with van der Waals surface area (Å²) < 4.78 is 8.43. The van der Waals surface area contributed by atoms with Gasteiger partial charge >= 0.3 is 0 Å². The highest BCUT2D eigenvalue weighted by molar-refractivity contribution is 5.44. The molecule has 0 radical (unpaired) electrons. The molecule has 0 aliphatic heterocycles. The maximum absolute atomic E-state index is 10.4. The zero-order valence-corrected chi connectivity index (χ0v) is 19.5. The van der Waals surface area contributed by atoms with Gasteiger partial charge in [-0.15, -0.1) is 0 Å². The molecule has 5 heteroatoms. The van der Waals surface area contributed by atoms with E-state index in [1.165, 1.54) is 18.4 Å². The Morgan fingerprint density at radius 3 is 2.44 bits per heavy atom. The molecule has 0 amide bonds. The van der Waals surface area contributed by atoms with E-state index < -0.39 is 0 Å². The maximum Gasteiger partial charge on any atom is 0.227 e. The van der Waals surface area contributed by atoms with E-state index in [0.717, 1.165) is 60.4 Å². The minimum absolute atomic E-state index is 0.315. The summed E-state index contributed by atoms with van der Waals surface area (Å²) in [6, 6.07) is 18.3. The first kappa shape index (κ1) is 22.6. The molecular formula is C27H35N3O2. The number of para-hydroxylation sites is 1. The predicted molar refractivity (Wildman–Crippen MR) is 128 cm³/mol. The van der Waals surface area contributed by atoms with Crippen LogP contribution in [0.15, 0.2) is 54.6 Å². The Bertz CT molecular complexity index is 994. The summed E-state index contributed by atoms with van der Waals surface area (Å²) in [5.41, 5.74) is 4.34. The molecular weight excluding hydrogens is 398 g/mol. The average molecular weight is 434 g/mol. The van der Waals surface area contributed by atoms with Gasteiger partial charge in [0.05, 0.1) is 23.0 Å². The third kappa shape index (κ3) is 5.59. The number of ether oxygens (including phenoxy) is 1. The van der Waals surface area contributed by atoms with Crippen LogP contribution >= 0.6 is 0 Å². The van der Waals surface area contributed by atoms with Crippen molar-refractivity contribution in [3.05, 3.63) is 71.4 Å². The van der Waals surface area contributed by atoms with E-state index in [-0.39, 0.29) is 6.10 Å². The second kappa shape index (κ2) is 10.3. The Morgan fingerprint density at radius 2 is 1.81 bits per heavy atom. The average Bonchev–Trinajstić information content (AvgIpc) is 3.57. The Labute approximate surface area is 191 Å². The van der Waals surface area contributed by atoms with Crippen molar-refractivity contribution in [1.82, 2.24) is 14.7 Å². The van der Waals surface area contributed by atoms with E-state index in [9.17, 15) is 5.11 Å². The van der Waals surface area contributed by atoms with Crippen molar-refractivity contribution in [3.8, 4) is 17.3 Å². The lowest BCUT2D eigenvalue weighted by Gasteiger charge is -2.25. The molecule has 1 aliphatic carbocycles. The molecule has 1 aromatic heterocycles. The van der Waals surface area contributed by atoms with Gasteiger partial charge in [0.15, 0.2) is 0 Å². The smallest absolute Gasteiger partial charge is 0.227 e. The van der Waals surface area contributed by atoms with E-state index >= 15 is 0 Å². The molecule has 5 nitrogen and oxygen atoms in total. The van der Waals surface area contributed by atoms with Gasteiger partial charge in [-0.2, -0.15) is 5.10 Å². The van der Waals surface area contributed by atoms with Gasteiger partial charge in [-0.1, -0.05) is 49.7 Å². The van der Waals surface area contributed by atoms with Crippen molar-refractivity contribution in [1.29, 1.82) is 0 Å². The van der Waals surface area contributed by atoms with Crippen LogP contribution in [0.5, 0.6) is 11.6 Å². The number of hydrogen-bond acceptors (Lipinski definition) is 4. The lowest BCUT2D eigenvalue weighted by atomic mass is 10.1. The SMILES string of the molecule is CCc1nn(-c2ccccc2)c(Oc2ccc(C)cc2)c1CN(CC1CC1)C[C@@H](O)CC. The zero-order chi connectivity index (χ0) is 22.5. The molecule has 2 aromatic carbocycles. The van der Waals surface area contributed by atoms with Crippen LogP contribution in [-0.4, -0.2) is 39.0 Å². The molecule has 1 saturated carbocycles. The molecule has 1 fully saturated rings. The summed E-state index contributed by atoms with van der Waals surface area (Å²) in [6.07, 6.45) is 3.85. The number of rotatable bonds is 11. The quantitative estimate of drug-likeness (QED) is 0.433. The summed E-state index contributed by atoms with van der Waals surface area (Å²) in [7, 11) is 0. The molecule has 4 rings (SSSR count). The van der Waals surface area contributed by atoms with Crippen LogP contribution in [0.3, 0.4) is 0 Å². The minimum atomic E-state index is -0.315. The first-order chi connectivity index (χ1) is 15.6. The Balaban J connectivity index is 1.73. The molecule has 1 heterocycles. The molecule has 1 N–H and O–H groups in total. The third-order valence-electron chi connectivity index (χ3n) is 6.13. The van der Waals surface area contributed by atoms with Crippen molar-refractivity contribution in [2.24, 2.45) is 5.92 Å². The fraction of sp³-hybridized carbons (Fsp3) is 0.444. The van der Waals surface area contributed by atoms with Gasteiger partial charge in [-0.3, -0.25) is 4.90 Å². The van der Waals surface area contributed by atoms with Crippen molar-refractivity contribution in [2.45, 2.75) is 59.1 Å². The van der Waals surface area contributed by atoms with Gasteiger partial charge in [-0.25, -0.2) is 4.68 Å². The minimum Gasteiger partial charge on any atom is -0.439 e. The van der Waals surface area contributed by atoms with E-state index in [0.29, 0.717) is 6.54 Å². The lowest BCUT2D eigenvalue weighted by molar-refractivity contribution is 0.102. The standard InChI is InChI=1S/C27H35N3O2/c1-4-23(31)18-29(17-21-13-14-21)19-25-26(5-2)28-30(22-9-7-6-8-10-22)27(25)32-24-15-11-20(3)12-16-24/h6-12,15-16,21,23,31H,4-5,13-14,17-19H2,1-3H3/t23-/m0/s1. The molecule has 0 spiro atoms. The lowest BCUT2D eigenvalue weighted by Crippen LogP contribution is -2.33. The van der Waals surface area contributed by atoms with Gasteiger partial charge < -0.3 is 9.84 Å². The van der Waals surface area contributed by atoms with Crippen LogP contribution in [0.2, 0.25) is 0 Å². The summed E-state index contributed by atoms with van der Waals surface area (Å²) in [5, 5.41) is 15.3. The van der Waals surface area contributed by atoms with E-state index in [1.54, 1.807) is 0 Å². The maximum atomic E-state index is 10.4. The van der Waals surface area contributed by atoms with Crippen molar-refractivity contribution < 1.29 is 9.84 Å². The normalized spacial score (nSPS) is 14.7. The van der Waals surface area contributed by atoms with Crippen molar-refractivity contribution in [2.75, 3.05) is 13.1 Å². The largest absolute Gasteiger partial charge is 0.439 e. The Kier molecular flexibility index (Phi) is 7.28. The highest BCUT2D eigenvalue weighted by atomic mass is 16.5. The van der Waals surface area contributed by atoms with Gasteiger partial charge in [0.2, 0.25) is 5.88 Å². The molecule has 1 atom stereocenters.